The van der Waals surface area contributed by atoms with Crippen molar-refractivity contribution in [3.05, 3.63) is 30.2 Å². The first kappa shape index (κ1) is 11.5. The van der Waals surface area contributed by atoms with E-state index in [2.05, 4.69) is 51.9 Å². The Hall–Kier alpha value is -1.55. The molecule has 1 unspecified atom stereocenters. The van der Waals surface area contributed by atoms with Gasteiger partial charge in [-0.15, -0.1) is 0 Å². The van der Waals surface area contributed by atoms with Crippen LogP contribution in [0.5, 0.6) is 0 Å². The predicted octanol–water partition coefficient (Wildman–Crippen LogP) is 1.87. The normalized spacial score (nSPS) is 20.2. The van der Waals surface area contributed by atoms with Crippen LogP contribution in [0.1, 0.15) is 24.6 Å². The second-order valence-corrected chi connectivity index (χ2v) is 5.20. The molecule has 0 bridgehead atoms. The fraction of sp³-hybridized carbons (Fsp3) is 0.500. The van der Waals surface area contributed by atoms with Gasteiger partial charge in [-0.1, -0.05) is 6.07 Å². The topological polar surface area (TPSA) is 32.6 Å². The molecule has 0 spiro atoms. The average Bonchev–Trinajstić information content (AvgIpc) is 2.83. The van der Waals surface area contributed by atoms with Crippen LogP contribution in [0, 0.1) is 0 Å². The van der Waals surface area contributed by atoms with Crippen molar-refractivity contribution in [2.24, 2.45) is 0 Å². The highest BCUT2D eigenvalue weighted by atomic mass is 15.2. The van der Waals surface area contributed by atoms with Gasteiger partial charge in [-0.25, -0.2) is 4.98 Å². The summed E-state index contributed by atoms with van der Waals surface area (Å²) in [4.78, 5) is 6.81. The number of anilines is 1. The van der Waals surface area contributed by atoms with Gasteiger partial charge in [-0.3, -0.25) is 4.40 Å². The van der Waals surface area contributed by atoms with Gasteiger partial charge in [0.15, 0.2) is 0 Å². The molecule has 3 rings (SSSR count). The molecule has 0 amide bonds. The number of hydrogen-bond donors (Lipinski definition) is 1. The van der Waals surface area contributed by atoms with Gasteiger partial charge in [0.05, 0.1) is 11.7 Å². The summed E-state index contributed by atoms with van der Waals surface area (Å²) in [5.41, 5.74) is 1.18. The monoisotopic (exact) mass is 244 g/mol. The maximum Gasteiger partial charge on any atom is 0.119 e. The molecular weight excluding hydrogens is 224 g/mol. The Kier molecular flexibility index (Phi) is 2.96. The summed E-state index contributed by atoms with van der Waals surface area (Å²) < 4.78 is 2.29. The zero-order chi connectivity index (χ0) is 12.5. The van der Waals surface area contributed by atoms with Crippen LogP contribution >= 0.6 is 0 Å². The number of rotatable bonds is 2. The van der Waals surface area contributed by atoms with E-state index in [9.17, 15) is 0 Å². The van der Waals surface area contributed by atoms with E-state index in [1.54, 1.807) is 0 Å². The second-order valence-electron chi connectivity index (χ2n) is 5.20. The number of nitrogens with one attached hydrogen (secondary N) is 1. The number of fused-ring (bicyclic) bond motifs is 1. The standard InChI is InChI=1S/C14H20N4/c1-17(2)13-7-3-6-12-10-16-14(18(12)13)11-5-4-8-15-9-11/h3,6-7,10-11,15H,4-5,8-9H2,1-2H3. The van der Waals surface area contributed by atoms with Crippen LogP contribution in [-0.2, 0) is 0 Å². The van der Waals surface area contributed by atoms with Gasteiger partial charge < -0.3 is 10.2 Å². The number of nitrogens with zero attached hydrogens (tertiary/aromatic N) is 3. The van der Waals surface area contributed by atoms with Gasteiger partial charge in [0.1, 0.15) is 11.6 Å². The first-order valence-electron chi connectivity index (χ1n) is 6.62. The fourth-order valence-corrected chi connectivity index (χ4v) is 2.76. The molecule has 1 atom stereocenters. The molecule has 1 aliphatic rings. The molecule has 0 radical (unpaired) electrons. The molecular formula is C14H20N4. The third-order valence-electron chi connectivity index (χ3n) is 3.68. The minimum Gasteiger partial charge on any atom is -0.364 e. The van der Waals surface area contributed by atoms with Gasteiger partial charge in [0, 0.05) is 26.6 Å². The quantitative estimate of drug-likeness (QED) is 0.875. The Morgan fingerprint density at radius 1 is 1.39 bits per heavy atom. The van der Waals surface area contributed by atoms with Gasteiger partial charge in [-0.05, 0) is 31.5 Å². The molecule has 0 aromatic carbocycles. The summed E-state index contributed by atoms with van der Waals surface area (Å²) >= 11 is 0. The predicted molar refractivity (Wildman–Crippen MR) is 74.4 cm³/mol. The lowest BCUT2D eigenvalue weighted by Gasteiger charge is -2.24. The minimum absolute atomic E-state index is 0.530. The molecule has 2 aromatic rings. The highest BCUT2D eigenvalue weighted by Gasteiger charge is 2.21. The van der Waals surface area contributed by atoms with Gasteiger partial charge in [0.25, 0.3) is 0 Å². The molecule has 0 aliphatic carbocycles. The lowest BCUT2D eigenvalue weighted by molar-refractivity contribution is 0.446. The van der Waals surface area contributed by atoms with Crippen molar-refractivity contribution in [2.45, 2.75) is 18.8 Å². The van der Waals surface area contributed by atoms with E-state index in [0.717, 1.165) is 13.1 Å². The first-order chi connectivity index (χ1) is 8.77. The first-order valence-corrected chi connectivity index (χ1v) is 6.62. The molecule has 18 heavy (non-hydrogen) atoms. The van der Waals surface area contributed by atoms with Crippen LogP contribution in [0.25, 0.3) is 5.52 Å². The van der Waals surface area contributed by atoms with Crippen LogP contribution < -0.4 is 10.2 Å². The van der Waals surface area contributed by atoms with Crippen LogP contribution in [0.3, 0.4) is 0 Å². The van der Waals surface area contributed by atoms with Crippen molar-refractivity contribution in [1.82, 2.24) is 14.7 Å². The van der Waals surface area contributed by atoms with Crippen molar-refractivity contribution >= 4 is 11.3 Å². The lowest BCUT2D eigenvalue weighted by atomic mass is 9.99. The fourth-order valence-electron chi connectivity index (χ4n) is 2.76. The number of hydrogen-bond acceptors (Lipinski definition) is 3. The third kappa shape index (κ3) is 1.86. The van der Waals surface area contributed by atoms with E-state index in [-0.39, 0.29) is 0 Å². The van der Waals surface area contributed by atoms with Crippen molar-refractivity contribution in [3.63, 3.8) is 0 Å². The zero-order valence-corrected chi connectivity index (χ0v) is 11.1. The van der Waals surface area contributed by atoms with E-state index in [4.69, 9.17) is 0 Å². The Balaban J connectivity index is 2.11. The molecule has 0 saturated carbocycles. The van der Waals surface area contributed by atoms with Crippen molar-refractivity contribution in [3.8, 4) is 0 Å². The van der Waals surface area contributed by atoms with Gasteiger partial charge >= 0.3 is 0 Å². The van der Waals surface area contributed by atoms with E-state index in [0.29, 0.717) is 5.92 Å². The average molecular weight is 244 g/mol. The summed E-state index contributed by atoms with van der Waals surface area (Å²) in [7, 11) is 4.16. The summed E-state index contributed by atoms with van der Waals surface area (Å²) in [6.45, 7) is 2.18. The Morgan fingerprint density at radius 2 is 2.28 bits per heavy atom. The van der Waals surface area contributed by atoms with E-state index in [1.807, 2.05) is 6.20 Å². The molecule has 1 saturated heterocycles. The molecule has 1 aliphatic heterocycles. The minimum atomic E-state index is 0.530. The van der Waals surface area contributed by atoms with E-state index >= 15 is 0 Å². The molecule has 1 N–H and O–H groups in total. The summed E-state index contributed by atoms with van der Waals surface area (Å²) in [6, 6.07) is 6.36. The molecule has 1 fully saturated rings. The number of imidazole rings is 1. The molecule has 96 valence electrons. The van der Waals surface area contributed by atoms with Crippen molar-refractivity contribution in [1.29, 1.82) is 0 Å². The third-order valence-corrected chi connectivity index (χ3v) is 3.68. The van der Waals surface area contributed by atoms with Crippen LogP contribution in [0.4, 0.5) is 5.82 Å². The summed E-state index contributed by atoms with van der Waals surface area (Å²) in [5.74, 6) is 2.93. The van der Waals surface area contributed by atoms with Crippen LogP contribution in [0.2, 0.25) is 0 Å². The Morgan fingerprint density at radius 3 is 3.00 bits per heavy atom. The Bertz CT molecular complexity index is 538. The van der Waals surface area contributed by atoms with E-state index < -0.39 is 0 Å². The second kappa shape index (κ2) is 4.61. The van der Waals surface area contributed by atoms with Crippen LogP contribution in [-0.4, -0.2) is 36.6 Å². The summed E-state index contributed by atoms with van der Waals surface area (Å²) in [5, 5.41) is 3.47. The van der Waals surface area contributed by atoms with Crippen molar-refractivity contribution < 1.29 is 0 Å². The maximum absolute atomic E-state index is 4.66. The smallest absolute Gasteiger partial charge is 0.119 e. The zero-order valence-electron chi connectivity index (χ0n) is 11.1. The number of aromatic nitrogens is 2. The maximum atomic E-state index is 4.66. The summed E-state index contributed by atoms with van der Waals surface area (Å²) in [6.07, 6.45) is 4.45. The molecule has 2 aromatic heterocycles. The molecule has 4 nitrogen and oxygen atoms in total. The number of pyridine rings is 1. The largest absolute Gasteiger partial charge is 0.364 e. The van der Waals surface area contributed by atoms with Gasteiger partial charge in [0.2, 0.25) is 0 Å². The molecule has 4 heteroatoms. The SMILES string of the molecule is CN(C)c1cccc2cnc(C3CCCNC3)n12. The van der Waals surface area contributed by atoms with Crippen LogP contribution in [0.15, 0.2) is 24.4 Å². The highest BCUT2D eigenvalue weighted by molar-refractivity contribution is 5.55. The molecule has 3 heterocycles. The highest BCUT2D eigenvalue weighted by Crippen LogP contribution is 2.26. The van der Waals surface area contributed by atoms with Gasteiger partial charge in [-0.2, -0.15) is 0 Å². The number of piperidine rings is 1. The Labute approximate surface area is 108 Å². The van der Waals surface area contributed by atoms with Crippen molar-refractivity contribution in [2.75, 3.05) is 32.1 Å². The van der Waals surface area contributed by atoms with E-state index in [1.165, 1.54) is 30.0 Å². The lowest BCUT2D eigenvalue weighted by Crippen LogP contribution is -2.29.